The van der Waals surface area contributed by atoms with Crippen LogP contribution in [-0.2, 0) is 25.6 Å². The quantitative estimate of drug-likeness (QED) is 0.289. The second-order valence-electron chi connectivity index (χ2n) is 9.00. The number of amides is 2. The van der Waals surface area contributed by atoms with Crippen molar-refractivity contribution in [1.29, 1.82) is 0 Å². The molecule has 0 bridgehead atoms. The van der Waals surface area contributed by atoms with Gasteiger partial charge in [0.2, 0.25) is 11.8 Å². The molecule has 1 aromatic carbocycles. The van der Waals surface area contributed by atoms with Crippen LogP contribution in [0.4, 0.5) is 0 Å². The Morgan fingerprint density at radius 2 is 1.71 bits per heavy atom. The molecule has 0 saturated carbocycles. The van der Waals surface area contributed by atoms with Gasteiger partial charge in [-0.1, -0.05) is 27.7 Å². The fourth-order valence-corrected chi connectivity index (χ4v) is 4.41. The Balaban J connectivity index is 2.87. The van der Waals surface area contributed by atoms with E-state index < -0.39 is 36.3 Å². The molecule has 2 unspecified atom stereocenters. The van der Waals surface area contributed by atoms with Crippen LogP contribution < -0.4 is 20.1 Å². The number of nitrogens with one attached hydrogen (secondary N) is 2. The molecule has 1 aromatic rings. The van der Waals surface area contributed by atoms with Crippen LogP contribution in [0.25, 0.3) is 0 Å². The van der Waals surface area contributed by atoms with Crippen molar-refractivity contribution in [3.63, 3.8) is 0 Å². The van der Waals surface area contributed by atoms with Crippen molar-refractivity contribution in [2.45, 2.75) is 59.0 Å². The minimum Gasteiger partial charge on any atom is -0.497 e. The molecule has 0 aliphatic carbocycles. The summed E-state index contributed by atoms with van der Waals surface area (Å²) >= 11 is 1.42. The van der Waals surface area contributed by atoms with Crippen molar-refractivity contribution in [3.05, 3.63) is 23.8 Å². The number of thioether (sulfide) groups is 1. The van der Waals surface area contributed by atoms with Crippen LogP contribution in [0.1, 0.15) is 46.1 Å². The van der Waals surface area contributed by atoms with Gasteiger partial charge in [-0.15, -0.1) is 0 Å². The highest BCUT2D eigenvalue weighted by molar-refractivity contribution is 7.99. The van der Waals surface area contributed by atoms with E-state index in [9.17, 15) is 24.3 Å². The predicted octanol–water partition coefficient (Wildman–Crippen LogP) is 2.70. The molecule has 3 N–H and O–H groups in total. The number of carbonyl (C=O) groups excluding carboxylic acids is 3. The van der Waals surface area contributed by atoms with Gasteiger partial charge in [-0.2, -0.15) is 11.8 Å². The third-order valence-electron chi connectivity index (χ3n) is 5.27. The van der Waals surface area contributed by atoms with E-state index in [0.29, 0.717) is 23.0 Å². The summed E-state index contributed by atoms with van der Waals surface area (Å²) in [5.41, 5.74) is 0.588. The van der Waals surface area contributed by atoms with Gasteiger partial charge < -0.3 is 25.2 Å². The van der Waals surface area contributed by atoms with Crippen molar-refractivity contribution >= 4 is 35.3 Å². The summed E-state index contributed by atoms with van der Waals surface area (Å²) in [5.74, 6) is -0.410. The van der Waals surface area contributed by atoms with E-state index in [1.165, 1.54) is 26.0 Å². The third-order valence-corrected chi connectivity index (χ3v) is 6.28. The molecule has 1 rings (SSSR count). The van der Waals surface area contributed by atoms with Gasteiger partial charge in [-0.25, -0.2) is 0 Å². The summed E-state index contributed by atoms with van der Waals surface area (Å²) in [4.78, 5) is 49.7. The fraction of sp³-hybridized carbons (Fsp3) is 0.600. The molecule has 2 amide bonds. The second-order valence-corrected chi connectivity index (χ2v) is 10.1. The lowest BCUT2D eigenvalue weighted by molar-refractivity contribution is -0.140. The normalized spacial score (nSPS) is 12.7. The lowest BCUT2D eigenvalue weighted by Crippen LogP contribution is -2.54. The first-order chi connectivity index (χ1) is 16.5. The van der Waals surface area contributed by atoms with E-state index in [-0.39, 0.29) is 23.9 Å². The number of benzene rings is 1. The first-order valence-electron chi connectivity index (χ1n) is 11.6. The molecule has 0 aliphatic heterocycles. The molecule has 0 aliphatic rings. The second kappa shape index (κ2) is 15.3. The van der Waals surface area contributed by atoms with Crippen molar-refractivity contribution < 1.29 is 33.8 Å². The van der Waals surface area contributed by atoms with Crippen molar-refractivity contribution in [3.8, 4) is 11.5 Å². The number of rotatable bonds is 16. The Hall–Kier alpha value is -2.75. The minimum atomic E-state index is -1.19. The van der Waals surface area contributed by atoms with E-state index in [2.05, 4.69) is 24.5 Å². The summed E-state index contributed by atoms with van der Waals surface area (Å²) in [6.07, 6.45) is 0.364. The molecule has 35 heavy (non-hydrogen) atoms. The summed E-state index contributed by atoms with van der Waals surface area (Å²) in [6, 6.07) is 2.97. The van der Waals surface area contributed by atoms with Crippen LogP contribution in [0, 0.1) is 11.8 Å². The maximum absolute atomic E-state index is 13.0. The zero-order valence-electron chi connectivity index (χ0n) is 21.4. The molecule has 2 atom stereocenters. The largest absolute Gasteiger partial charge is 0.497 e. The monoisotopic (exact) mass is 510 g/mol. The number of hydrogen-bond donors (Lipinski definition) is 3. The summed E-state index contributed by atoms with van der Waals surface area (Å²) in [6.45, 7) is 7.68. The van der Waals surface area contributed by atoms with E-state index in [1.54, 1.807) is 32.0 Å². The van der Waals surface area contributed by atoms with Gasteiger partial charge in [-0.05, 0) is 42.2 Å². The lowest BCUT2D eigenvalue weighted by atomic mass is 10.0. The number of ether oxygens (including phenoxy) is 2. The molecular formula is C25H38N2O7S. The van der Waals surface area contributed by atoms with E-state index in [4.69, 9.17) is 9.47 Å². The fourth-order valence-electron chi connectivity index (χ4n) is 3.23. The Bertz CT molecular complexity index is 873. The van der Waals surface area contributed by atoms with E-state index in [0.717, 1.165) is 12.2 Å². The summed E-state index contributed by atoms with van der Waals surface area (Å²) < 4.78 is 10.5. The number of hydrogen-bond acceptors (Lipinski definition) is 7. The van der Waals surface area contributed by atoms with Gasteiger partial charge in [0.15, 0.2) is 5.78 Å². The van der Waals surface area contributed by atoms with E-state index >= 15 is 0 Å². The highest BCUT2D eigenvalue weighted by Gasteiger charge is 2.30. The Morgan fingerprint density at radius 1 is 1.03 bits per heavy atom. The SMILES string of the molecule is COc1ccc(OC)c(CC(=O)NC(C(=O)NC(CC(=O)O)C(=O)CSCCC(C)C)C(C)C)c1. The maximum atomic E-state index is 13.0. The van der Waals surface area contributed by atoms with Gasteiger partial charge in [0.25, 0.3) is 0 Å². The predicted molar refractivity (Wildman–Crippen MR) is 136 cm³/mol. The summed E-state index contributed by atoms with van der Waals surface area (Å²) in [5, 5.41) is 14.5. The van der Waals surface area contributed by atoms with Crippen LogP contribution in [0.15, 0.2) is 18.2 Å². The molecule has 10 heteroatoms. The number of aliphatic carboxylic acids is 1. The number of ketones is 1. The molecule has 0 heterocycles. The lowest BCUT2D eigenvalue weighted by Gasteiger charge is -2.25. The zero-order chi connectivity index (χ0) is 26.5. The van der Waals surface area contributed by atoms with Crippen LogP contribution in [-0.4, -0.2) is 66.5 Å². The topological polar surface area (TPSA) is 131 Å². The average molecular weight is 511 g/mol. The van der Waals surface area contributed by atoms with Crippen LogP contribution in [0.3, 0.4) is 0 Å². The zero-order valence-corrected chi connectivity index (χ0v) is 22.2. The Kier molecular flexibility index (Phi) is 13.2. The van der Waals surface area contributed by atoms with Gasteiger partial charge in [0, 0.05) is 5.56 Å². The maximum Gasteiger partial charge on any atom is 0.305 e. The van der Waals surface area contributed by atoms with Crippen LogP contribution >= 0.6 is 11.8 Å². The van der Waals surface area contributed by atoms with Gasteiger partial charge in [-0.3, -0.25) is 19.2 Å². The number of carbonyl (C=O) groups is 4. The number of Topliss-reactive ketones (excluding diaryl/α,β-unsaturated/α-hetero) is 1. The van der Waals surface area contributed by atoms with Crippen molar-refractivity contribution in [1.82, 2.24) is 10.6 Å². The number of carboxylic acid groups (broad SMARTS) is 1. The molecule has 0 radical (unpaired) electrons. The van der Waals surface area contributed by atoms with Crippen molar-refractivity contribution in [2.75, 3.05) is 25.7 Å². The van der Waals surface area contributed by atoms with Gasteiger partial charge in [0.1, 0.15) is 17.5 Å². The smallest absolute Gasteiger partial charge is 0.305 e. The minimum absolute atomic E-state index is 0.0547. The van der Waals surface area contributed by atoms with Gasteiger partial charge >= 0.3 is 5.97 Å². The third kappa shape index (κ3) is 11.0. The van der Waals surface area contributed by atoms with Crippen molar-refractivity contribution in [2.24, 2.45) is 11.8 Å². The van der Waals surface area contributed by atoms with Crippen LogP contribution in [0.5, 0.6) is 11.5 Å². The highest BCUT2D eigenvalue weighted by atomic mass is 32.2. The molecule has 196 valence electrons. The average Bonchev–Trinajstić information content (AvgIpc) is 2.78. The first-order valence-corrected chi connectivity index (χ1v) is 12.8. The Morgan fingerprint density at radius 3 is 2.26 bits per heavy atom. The Labute approximate surface area is 211 Å². The number of carboxylic acids is 1. The van der Waals surface area contributed by atoms with Crippen LogP contribution in [0.2, 0.25) is 0 Å². The first kappa shape index (κ1) is 30.3. The molecule has 0 saturated heterocycles. The standard InChI is InChI=1S/C25H38N2O7S/c1-15(2)9-10-35-14-20(28)19(13-23(30)31)26-25(32)24(16(3)4)27-22(29)12-17-11-18(33-5)7-8-21(17)34-6/h7-8,11,15-16,19,24H,9-10,12-14H2,1-6H3,(H,26,32)(H,27,29)(H,30,31). The summed E-state index contributed by atoms with van der Waals surface area (Å²) in [7, 11) is 3.01. The van der Waals surface area contributed by atoms with Gasteiger partial charge in [0.05, 0.1) is 38.9 Å². The molecule has 0 fully saturated rings. The molecule has 0 aromatic heterocycles. The molecule has 9 nitrogen and oxygen atoms in total. The highest BCUT2D eigenvalue weighted by Crippen LogP contribution is 2.24. The molecule has 0 spiro atoms. The molecular weight excluding hydrogens is 472 g/mol. The number of methoxy groups -OCH3 is 2. The van der Waals surface area contributed by atoms with E-state index in [1.807, 2.05) is 0 Å².